The van der Waals surface area contributed by atoms with Gasteiger partial charge in [0.25, 0.3) is 0 Å². The molecule has 138 valence electrons. The Kier molecular flexibility index (Phi) is 9.68. The van der Waals surface area contributed by atoms with E-state index < -0.39 is 35.4 Å². The van der Waals surface area contributed by atoms with Gasteiger partial charge in [0.2, 0.25) is 0 Å². The third-order valence-corrected chi connectivity index (χ3v) is 3.39. The van der Waals surface area contributed by atoms with Crippen molar-refractivity contribution in [3.05, 3.63) is 0 Å². The van der Waals surface area contributed by atoms with E-state index in [2.05, 4.69) is 0 Å². The van der Waals surface area contributed by atoms with E-state index in [1.165, 1.54) is 27.9 Å². The van der Waals surface area contributed by atoms with Gasteiger partial charge >= 0.3 is 23.9 Å². The van der Waals surface area contributed by atoms with Crippen LogP contribution in [0.2, 0.25) is 0 Å². The molecule has 8 nitrogen and oxygen atoms in total. The fraction of sp³-hybridized carbons (Fsp3) is 0.750. The lowest BCUT2D eigenvalue weighted by atomic mass is 9.80. The number of esters is 4. The lowest BCUT2D eigenvalue weighted by molar-refractivity contribution is -0.162. The molecule has 0 N–H and O–H groups in total. The van der Waals surface area contributed by atoms with E-state index in [-0.39, 0.29) is 32.5 Å². The van der Waals surface area contributed by atoms with Gasteiger partial charge in [-0.15, -0.1) is 0 Å². The molecule has 0 aromatic heterocycles. The Morgan fingerprint density at radius 2 is 1.46 bits per heavy atom. The molecule has 0 spiro atoms. The molecule has 0 aliphatic rings. The van der Waals surface area contributed by atoms with E-state index in [4.69, 9.17) is 18.9 Å². The van der Waals surface area contributed by atoms with Crippen molar-refractivity contribution >= 4 is 23.9 Å². The van der Waals surface area contributed by atoms with Crippen LogP contribution in [0.1, 0.15) is 47.0 Å². The molecule has 0 aliphatic carbocycles. The molecule has 2 atom stereocenters. The van der Waals surface area contributed by atoms with Crippen molar-refractivity contribution in [1.29, 1.82) is 0 Å². The molecule has 8 heteroatoms. The van der Waals surface area contributed by atoms with Crippen LogP contribution in [0, 0.1) is 5.41 Å². The molecule has 0 heterocycles. The normalized spacial score (nSPS) is 14.0. The van der Waals surface area contributed by atoms with Gasteiger partial charge in [-0.25, -0.2) is 0 Å². The standard InChI is InChI=1S/C16H26O8/c1-11(17)22-8-6-14(24-13(3)19)10-16(4,15(20)21-5)7-9-23-12(2)18/h14H,6-10H2,1-5H3. The zero-order valence-electron chi connectivity index (χ0n) is 14.9. The Hall–Kier alpha value is -2.12. The van der Waals surface area contributed by atoms with Crippen LogP contribution < -0.4 is 0 Å². The maximum atomic E-state index is 12.1. The van der Waals surface area contributed by atoms with Crippen molar-refractivity contribution in [3.8, 4) is 0 Å². The van der Waals surface area contributed by atoms with Gasteiger partial charge in [-0.1, -0.05) is 0 Å². The number of methoxy groups -OCH3 is 1. The van der Waals surface area contributed by atoms with Crippen LogP contribution in [0.5, 0.6) is 0 Å². The van der Waals surface area contributed by atoms with E-state index >= 15 is 0 Å². The van der Waals surface area contributed by atoms with Crippen LogP contribution in [0.3, 0.4) is 0 Å². The summed E-state index contributed by atoms with van der Waals surface area (Å²) in [6.45, 7) is 5.55. The minimum Gasteiger partial charge on any atom is -0.469 e. The Labute approximate surface area is 141 Å². The van der Waals surface area contributed by atoms with Gasteiger partial charge < -0.3 is 18.9 Å². The van der Waals surface area contributed by atoms with Gasteiger partial charge in [-0.3, -0.25) is 19.2 Å². The molecule has 0 aliphatic heterocycles. The first-order valence-corrected chi connectivity index (χ1v) is 7.63. The molecule has 0 rings (SSSR count). The smallest absolute Gasteiger partial charge is 0.311 e. The Balaban J connectivity index is 4.97. The maximum Gasteiger partial charge on any atom is 0.311 e. The molecule has 0 aromatic carbocycles. The van der Waals surface area contributed by atoms with E-state index in [1.807, 2.05) is 0 Å². The highest BCUT2D eigenvalue weighted by Gasteiger charge is 2.38. The van der Waals surface area contributed by atoms with Gasteiger partial charge in [0.15, 0.2) is 0 Å². The minimum absolute atomic E-state index is 0.0394. The fourth-order valence-electron chi connectivity index (χ4n) is 2.23. The monoisotopic (exact) mass is 346 g/mol. The average Bonchev–Trinajstić information content (AvgIpc) is 2.44. The number of hydrogen-bond donors (Lipinski definition) is 0. The summed E-state index contributed by atoms with van der Waals surface area (Å²) in [6.07, 6.45) is -0.0191. The number of ether oxygens (including phenoxy) is 4. The molecule has 0 radical (unpaired) electrons. The zero-order valence-corrected chi connectivity index (χ0v) is 14.9. The molecule has 2 unspecified atom stereocenters. The molecule has 0 saturated carbocycles. The summed E-state index contributed by atoms with van der Waals surface area (Å²) < 4.78 is 19.8. The van der Waals surface area contributed by atoms with Crippen LogP contribution >= 0.6 is 0 Å². The third kappa shape index (κ3) is 9.12. The average molecular weight is 346 g/mol. The second-order valence-electron chi connectivity index (χ2n) is 5.71. The molecule has 24 heavy (non-hydrogen) atoms. The van der Waals surface area contributed by atoms with Gasteiger partial charge in [-0.2, -0.15) is 0 Å². The summed E-state index contributed by atoms with van der Waals surface area (Å²) in [5.41, 5.74) is -1.01. The van der Waals surface area contributed by atoms with Crippen LogP contribution in [0.4, 0.5) is 0 Å². The van der Waals surface area contributed by atoms with Crippen molar-refractivity contribution in [3.63, 3.8) is 0 Å². The molecular formula is C16H26O8. The number of hydrogen-bond acceptors (Lipinski definition) is 8. The maximum absolute atomic E-state index is 12.1. The van der Waals surface area contributed by atoms with Gasteiger partial charge in [-0.05, 0) is 13.3 Å². The number of rotatable bonds is 10. The summed E-state index contributed by atoms with van der Waals surface area (Å²) in [7, 11) is 1.26. The van der Waals surface area contributed by atoms with Crippen molar-refractivity contribution in [2.75, 3.05) is 20.3 Å². The highest BCUT2D eigenvalue weighted by Crippen LogP contribution is 2.31. The highest BCUT2D eigenvalue weighted by atomic mass is 16.6. The Morgan fingerprint density at radius 1 is 0.917 bits per heavy atom. The summed E-state index contributed by atoms with van der Waals surface area (Å²) in [6, 6.07) is 0. The highest BCUT2D eigenvalue weighted by molar-refractivity contribution is 5.76. The van der Waals surface area contributed by atoms with Crippen LogP contribution in [0.25, 0.3) is 0 Å². The largest absolute Gasteiger partial charge is 0.469 e. The zero-order chi connectivity index (χ0) is 18.8. The quantitative estimate of drug-likeness (QED) is 0.432. The van der Waals surface area contributed by atoms with Crippen molar-refractivity contribution in [1.82, 2.24) is 0 Å². The summed E-state index contributed by atoms with van der Waals surface area (Å²) in [4.78, 5) is 45.1. The van der Waals surface area contributed by atoms with Crippen LogP contribution in [0.15, 0.2) is 0 Å². The molecule has 0 amide bonds. The molecular weight excluding hydrogens is 320 g/mol. The Bertz CT molecular complexity index is 459. The molecule has 0 fully saturated rings. The van der Waals surface area contributed by atoms with Gasteiger partial charge in [0, 0.05) is 33.6 Å². The van der Waals surface area contributed by atoms with Crippen molar-refractivity contribution < 1.29 is 38.1 Å². The van der Waals surface area contributed by atoms with Gasteiger partial charge in [0.05, 0.1) is 25.7 Å². The van der Waals surface area contributed by atoms with E-state index in [0.29, 0.717) is 0 Å². The second kappa shape index (κ2) is 10.6. The van der Waals surface area contributed by atoms with E-state index in [1.54, 1.807) is 6.92 Å². The molecule has 0 bridgehead atoms. The molecule has 0 aromatic rings. The minimum atomic E-state index is -1.01. The van der Waals surface area contributed by atoms with E-state index in [9.17, 15) is 19.2 Å². The third-order valence-electron chi connectivity index (χ3n) is 3.39. The number of carbonyl (C=O) groups is 4. The fourth-order valence-corrected chi connectivity index (χ4v) is 2.23. The SMILES string of the molecule is COC(=O)C(C)(CCOC(C)=O)CC(CCOC(C)=O)OC(C)=O. The van der Waals surface area contributed by atoms with Crippen LogP contribution in [-0.2, 0) is 38.1 Å². The lowest BCUT2D eigenvalue weighted by Crippen LogP contribution is -2.36. The Morgan fingerprint density at radius 3 is 1.92 bits per heavy atom. The van der Waals surface area contributed by atoms with Gasteiger partial charge in [0.1, 0.15) is 6.10 Å². The predicted octanol–water partition coefficient (Wildman–Crippen LogP) is 1.39. The topological polar surface area (TPSA) is 105 Å². The van der Waals surface area contributed by atoms with Crippen molar-refractivity contribution in [2.45, 2.75) is 53.1 Å². The summed E-state index contributed by atoms with van der Waals surface area (Å²) in [5, 5.41) is 0. The number of carbonyl (C=O) groups excluding carboxylic acids is 4. The first kappa shape index (κ1) is 21.9. The van der Waals surface area contributed by atoms with E-state index in [0.717, 1.165) is 0 Å². The van der Waals surface area contributed by atoms with Crippen molar-refractivity contribution in [2.24, 2.45) is 5.41 Å². The first-order valence-electron chi connectivity index (χ1n) is 7.63. The second-order valence-corrected chi connectivity index (χ2v) is 5.71. The first-order chi connectivity index (χ1) is 11.1. The van der Waals surface area contributed by atoms with Crippen LogP contribution in [-0.4, -0.2) is 50.3 Å². The molecule has 0 saturated heterocycles. The predicted molar refractivity (Wildman–Crippen MR) is 82.8 cm³/mol. The lowest BCUT2D eigenvalue weighted by Gasteiger charge is -2.30. The summed E-state index contributed by atoms with van der Waals surface area (Å²) >= 11 is 0. The summed E-state index contributed by atoms with van der Waals surface area (Å²) in [5.74, 6) is -1.90.